The highest BCUT2D eigenvalue weighted by molar-refractivity contribution is 7.90. The van der Waals surface area contributed by atoms with Gasteiger partial charge in [0.25, 0.3) is 0 Å². The topological polar surface area (TPSA) is 72.0 Å². The molecule has 0 aliphatic heterocycles. The molecule has 0 spiro atoms. The molecule has 1 aromatic carbocycles. The molecule has 0 aliphatic carbocycles. The Bertz CT molecular complexity index is 675. The molecule has 1 aromatic heterocycles. The predicted molar refractivity (Wildman–Crippen MR) is 68.9 cm³/mol. The minimum atomic E-state index is -3.36. The number of benzene rings is 1. The molecule has 0 fully saturated rings. The molecule has 0 amide bonds. The molecule has 0 saturated heterocycles. The number of halogens is 1. The van der Waals surface area contributed by atoms with Crippen LogP contribution in [0.4, 0.5) is 10.1 Å². The van der Waals surface area contributed by atoms with Gasteiger partial charge in [-0.05, 0) is 18.2 Å². The smallest absolute Gasteiger partial charge is 0.175 e. The quantitative estimate of drug-likeness (QED) is 0.862. The zero-order chi connectivity index (χ0) is 13.9. The summed E-state index contributed by atoms with van der Waals surface area (Å²) < 4.78 is 36.4. The standard InChI is InChI=1S/C12H12FN3O2S/c1-19(17,18)10-2-3-11(13)12(6-10)16-8-9-7-14-4-5-15-9/h2-7,16H,8H2,1H3. The molecule has 0 aliphatic rings. The fraction of sp³-hybridized carbons (Fsp3) is 0.167. The first-order chi connectivity index (χ1) is 8.97. The van der Waals surface area contributed by atoms with Crippen LogP contribution in [0.15, 0.2) is 41.7 Å². The van der Waals surface area contributed by atoms with Crippen LogP contribution in [0.25, 0.3) is 0 Å². The third-order valence-corrected chi connectivity index (χ3v) is 3.55. The average Bonchev–Trinajstić information content (AvgIpc) is 2.37. The van der Waals surface area contributed by atoms with Gasteiger partial charge in [-0.2, -0.15) is 0 Å². The van der Waals surface area contributed by atoms with Crippen LogP contribution >= 0.6 is 0 Å². The Kier molecular flexibility index (Phi) is 3.75. The van der Waals surface area contributed by atoms with Gasteiger partial charge in [-0.25, -0.2) is 12.8 Å². The van der Waals surface area contributed by atoms with Crippen LogP contribution in [0, 0.1) is 5.82 Å². The van der Waals surface area contributed by atoms with E-state index in [1.165, 1.54) is 24.5 Å². The molecule has 5 nitrogen and oxygen atoms in total. The summed E-state index contributed by atoms with van der Waals surface area (Å²) in [7, 11) is -3.36. The zero-order valence-electron chi connectivity index (χ0n) is 10.2. The summed E-state index contributed by atoms with van der Waals surface area (Å²) in [4.78, 5) is 7.98. The van der Waals surface area contributed by atoms with Crippen LogP contribution in [0.5, 0.6) is 0 Å². The van der Waals surface area contributed by atoms with Crippen LogP contribution in [0.1, 0.15) is 5.69 Å². The van der Waals surface area contributed by atoms with Crippen LogP contribution in [-0.2, 0) is 16.4 Å². The number of hydrogen-bond donors (Lipinski definition) is 1. The lowest BCUT2D eigenvalue weighted by Crippen LogP contribution is -2.05. The van der Waals surface area contributed by atoms with E-state index >= 15 is 0 Å². The predicted octanol–water partition coefficient (Wildman–Crippen LogP) is 1.63. The van der Waals surface area contributed by atoms with E-state index < -0.39 is 15.7 Å². The molecular weight excluding hydrogens is 269 g/mol. The molecule has 1 heterocycles. The number of hydrogen-bond acceptors (Lipinski definition) is 5. The fourth-order valence-corrected chi connectivity index (χ4v) is 2.12. The second-order valence-corrected chi connectivity index (χ2v) is 5.98. The van der Waals surface area contributed by atoms with E-state index in [2.05, 4.69) is 15.3 Å². The van der Waals surface area contributed by atoms with Gasteiger partial charge in [-0.1, -0.05) is 0 Å². The summed E-state index contributed by atoms with van der Waals surface area (Å²) in [5.74, 6) is -0.517. The average molecular weight is 281 g/mol. The van der Waals surface area contributed by atoms with Crippen LogP contribution in [-0.4, -0.2) is 24.6 Å². The SMILES string of the molecule is CS(=O)(=O)c1ccc(F)c(NCc2cnccn2)c1. The Hall–Kier alpha value is -2.02. The summed E-state index contributed by atoms with van der Waals surface area (Å²) in [6.07, 6.45) is 5.69. The Balaban J connectivity index is 2.21. The summed E-state index contributed by atoms with van der Waals surface area (Å²) in [5, 5.41) is 2.80. The first kappa shape index (κ1) is 13.4. The van der Waals surface area contributed by atoms with Gasteiger partial charge in [0.15, 0.2) is 9.84 Å². The van der Waals surface area contributed by atoms with Crippen molar-refractivity contribution in [2.24, 2.45) is 0 Å². The van der Waals surface area contributed by atoms with E-state index in [0.717, 1.165) is 12.3 Å². The molecule has 0 bridgehead atoms. The van der Waals surface area contributed by atoms with Crippen LogP contribution in [0.2, 0.25) is 0 Å². The van der Waals surface area contributed by atoms with Crippen molar-refractivity contribution in [2.45, 2.75) is 11.4 Å². The fourth-order valence-electron chi connectivity index (χ4n) is 1.48. The molecule has 7 heteroatoms. The van der Waals surface area contributed by atoms with Crippen molar-refractivity contribution in [1.82, 2.24) is 9.97 Å². The van der Waals surface area contributed by atoms with Gasteiger partial charge in [0, 0.05) is 18.6 Å². The first-order valence-corrected chi connectivity index (χ1v) is 7.34. The highest BCUT2D eigenvalue weighted by Gasteiger charge is 2.11. The Morgan fingerprint density at radius 3 is 2.74 bits per heavy atom. The molecule has 2 rings (SSSR count). The number of sulfone groups is 1. The largest absolute Gasteiger partial charge is 0.377 e. The summed E-state index contributed by atoms with van der Waals surface area (Å²) >= 11 is 0. The number of aromatic nitrogens is 2. The van der Waals surface area contributed by atoms with Gasteiger partial charge in [-0.3, -0.25) is 9.97 Å². The minimum absolute atomic E-state index is 0.0653. The van der Waals surface area contributed by atoms with Crippen molar-refractivity contribution in [2.75, 3.05) is 11.6 Å². The molecule has 0 unspecified atom stereocenters. The van der Waals surface area contributed by atoms with Crippen molar-refractivity contribution in [3.63, 3.8) is 0 Å². The number of nitrogens with zero attached hydrogens (tertiary/aromatic N) is 2. The van der Waals surface area contributed by atoms with Crippen molar-refractivity contribution in [3.05, 3.63) is 48.3 Å². The highest BCUT2D eigenvalue weighted by atomic mass is 32.2. The zero-order valence-corrected chi connectivity index (χ0v) is 11.0. The van der Waals surface area contributed by atoms with Crippen molar-refractivity contribution in [3.8, 4) is 0 Å². The van der Waals surface area contributed by atoms with Crippen molar-refractivity contribution in [1.29, 1.82) is 0 Å². The van der Waals surface area contributed by atoms with Gasteiger partial charge in [0.05, 0.1) is 29.0 Å². The molecule has 0 saturated carbocycles. The molecule has 19 heavy (non-hydrogen) atoms. The van der Waals surface area contributed by atoms with Crippen molar-refractivity contribution >= 4 is 15.5 Å². The molecule has 0 radical (unpaired) electrons. The third kappa shape index (κ3) is 3.47. The van der Waals surface area contributed by atoms with Gasteiger partial charge in [-0.15, -0.1) is 0 Å². The lowest BCUT2D eigenvalue weighted by Gasteiger charge is -2.08. The third-order valence-electron chi connectivity index (χ3n) is 2.44. The van der Waals surface area contributed by atoms with Gasteiger partial charge >= 0.3 is 0 Å². The second-order valence-electron chi connectivity index (χ2n) is 3.96. The second kappa shape index (κ2) is 5.31. The summed E-state index contributed by atoms with van der Waals surface area (Å²) in [6.45, 7) is 0.262. The Morgan fingerprint density at radius 1 is 1.32 bits per heavy atom. The van der Waals surface area contributed by atoms with Gasteiger partial charge < -0.3 is 5.32 Å². The van der Waals surface area contributed by atoms with Crippen LogP contribution in [0.3, 0.4) is 0 Å². The monoisotopic (exact) mass is 281 g/mol. The summed E-state index contributed by atoms with van der Waals surface area (Å²) in [5.41, 5.74) is 0.750. The van der Waals surface area contributed by atoms with Crippen LogP contribution < -0.4 is 5.32 Å². The van der Waals surface area contributed by atoms with E-state index in [4.69, 9.17) is 0 Å². The maximum Gasteiger partial charge on any atom is 0.175 e. The van der Waals surface area contributed by atoms with E-state index in [1.807, 2.05) is 0 Å². The lowest BCUT2D eigenvalue weighted by molar-refractivity contribution is 0.600. The number of nitrogens with one attached hydrogen (secondary N) is 1. The number of rotatable bonds is 4. The van der Waals surface area contributed by atoms with E-state index in [-0.39, 0.29) is 17.1 Å². The summed E-state index contributed by atoms with van der Waals surface area (Å²) in [6, 6.07) is 3.62. The van der Waals surface area contributed by atoms with E-state index in [0.29, 0.717) is 5.69 Å². The van der Waals surface area contributed by atoms with E-state index in [1.54, 1.807) is 6.20 Å². The normalized spacial score (nSPS) is 11.3. The number of anilines is 1. The minimum Gasteiger partial charge on any atom is -0.377 e. The van der Waals surface area contributed by atoms with Crippen molar-refractivity contribution < 1.29 is 12.8 Å². The molecule has 100 valence electrons. The Labute approximate surface area is 110 Å². The maximum absolute atomic E-state index is 13.6. The first-order valence-electron chi connectivity index (χ1n) is 5.45. The highest BCUT2D eigenvalue weighted by Crippen LogP contribution is 2.19. The van der Waals surface area contributed by atoms with E-state index in [9.17, 15) is 12.8 Å². The molecular formula is C12H12FN3O2S. The Morgan fingerprint density at radius 2 is 2.11 bits per heavy atom. The van der Waals surface area contributed by atoms with Gasteiger partial charge in [0.2, 0.25) is 0 Å². The molecule has 2 aromatic rings. The maximum atomic E-state index is 13.6. The van der Waals surface area contributed by atoms with Gasteiger partial charge in [0.1, 0.15) is 5.82 Å². The molecule has 0 atom stereocenters. The molecule has 1 N–H and O–H groups in total. The lowest BCUT2D eigenvalue weighted by atomic mass is 10.3.